The number of nitrogens with zero attached hydrogens (tertiary/aromatic N) is 3. The van der Waals surface area contributed by atoms with Crippen molar-refractivity contribution in [3.8, 4) is 0 Å². The van der Waals surface area contributed by atoms with E-state index in [1.807, 2.05) is 44.2 Å². The van der Waals surface area contributed by atoms with Crippen molar-refractivity contribution in [2.24, 2.45) is 0 Å². The van der Waals surface area contributed by atoms with Crippen molar-refractivity contribution < 1.29 is 4.92 Å². The minimum absolute atomic E-state index is 0.108. The predicted octanol–water partition coefficient (Wildman–Crippen LogP) is 2.79. The molecule has 1 aromatic carbocycles. The molecule has 0 aliphatic carbocycles. The molecule has 2 rings (SSSR count). The van der Waals surface area contributed by atoms with Gasteiger partial charge in [-0.1, -0.05) is 37.3 Å². The third-order valence-electron chi connectivity index (χ3n) is 3.38. The van der Waals surface area contributed by atoms with Crippen molar-refractivity contribution >= 4 is 23.3 Å². The van der Waals surface area contributed by atoms with E-state index in [0.29, 0.717) is 6.54 Å². The maximum absolute atomic E-state index is 11.2. The normalized spacial score (nSPS) is 11.7. The summed E-state index contributed by atoms with van der Waals surface area (Å²) in [5.41, 5.74) is 6.41. The molecule has 1 atom stereocenters. The third-order valence-corrected chi connectivity index (χ3v) is 3.38. The second-order valence-corrected chi connectivity index (χ2v) is 5.18. The number of nitrogens with two attached hydrogens (primary N) is 1. The molecule has 0 unspecified atom stereocenters. The summed E-state index contributed by atoms with van der Waals surface area (Å²) in [5.74, 6) is 0.224. The Hall–Kier alpha value is -2.90. The number of anilines is 3. The van der Waals surface area contributed by atoms with Crippen molar-refractivity contribution in [2.45, 2.75) is 32.9 Å². The van der Waals surface area contributed by atoms with Gasteiger partial charge in [-0.15, -0.1) is 0 Å². The van der Waals surface area contributed by atoms with Gasteiger partial charge in [0.05, 0.1) is 4.92 Å². The number of rotatable bonds is 7. The van der Waals surface area contributed by atoms with E-state index < -0.39 is 4.92 Å². The van der Waals surface area contributed by atoms with Crippen LogP contribution in [0.1, 0.15) is 25.8 Å². The van der Waals surface area contributed by atoms with Gasteiger partial charge in [-0.05, 0) is 18.9 Å². The predicted molar refractivity (Wildman–Crippen MR) is 90.2 cm³/mol. The Labute approximate surface area is 134 Å². The van der Waals surface area contributed by atoms with Gasteiger partial charge in [-0.2, -0.15) is 9.97 Å². The molecule has 0 fully saturated rings. The summed E-state index contributed by atoms with van der Waals surface area (Å²) in [6.07, 6.45) is 0.868. The summed E-state index contributed by atoms with van der Waals surface area (Å²) in [4.78, 5) is 18.8. The maximum Gasteiger partial charge on any atom is 0.353 e. The van der Waals surface area contributed by atoms with E-state index in [-0.39, 0.29) is 29.3 Å². The van der Waals surface area contributed by atoms with E-state index in [2.05, 4.69) is 20.6 Å². The molecule has 122 valence electrons. The number of hydrogen-bond donors (Lipinski definition) is 3. The Bertz CT molecular complexity index is 677. The molecule has 4 N–H and O–H groups in total. The molecular formula is C15H20N6O2. The molecule has 0 aliphatic heterocycles. The molecule has 0 saturated carbocycles. The quantitative estimate of drug-likeness (QED) is 0.530. The molecule has 0 spiro atoms. The Morgan fingerprint density at radius 2 is 2.00 bits per heavy atom. The highest BCUT2D eigenvalue weighted by Gasteiger charge is 2.23. The zero-order valence-electron chi connectivity index (χ0n) is 13.1. The van der Waals surface area contributed by atoms with Crippen LogP contribution in [0.3, 0.4) is 0 Å². The van der Waals surface area contributed by atoms with Crippen LogP contribution in [0.2, 0.25) is 0 Å². The average Bonchev–Trinajstić information content (AvgIpc) is 2.53. The first-order valence-electron chi connectivity index (χ1n) is 7.37. The van der Waals surface area contributed by atoms with Gasteiger partial charge >= 0.3 is 5.69 Å². The Morgan fingerprint density at radius 3 is 2.61 bits per heavy atom. The highest BCUT2D eigenvalue weighted by molar-refractivity contribution is 5.69. The van der Waals surface area contributed by atoms with E-state index in [4.69, 9.17) is 5.73 Å². The van der Waals surface area contributed by atoms with Crippen LogP contribution in [0.4, 0.5) is 23.3 Å². The van der Waals surface area contributed by atoms with Gasteiger partial charge in [-0.3, -0.25) is 10.1 Å². The van der Waals surface area contributed by atoms with Crippen LogP contribution in [0.25, 0.3) is 0 Å². The molecule has 0 bridgehead atoms. The maximum atomic E-state index is 11.2. The minimum Gasteiger partial charge on any atom is -0.378 e. The Morgan fingerprint density at radius 1 is 1.30 bits per heavy atom. The molecule has 0 saturated heterocycles. The van der Waals surface area contributed by atoms with Crippen LogP contribution in [0, 0.1) is 10.1 Å². The number of nitro groups is 1. The van der Waals surface area contributed by atoms with Crippen LogP contribution >= 0.6 is 0 Å². The number of nitrogen functional groups attached to an aromatic ring is 1. The summed E-state index contributed by atoms with van der Waals surface area (Å²) in [6.45, 7) is 4.39. The SMILES string of the molecule is CC[C@@H](C)Nc1nc(N)c([N+](=O)[O-])c(NCc2ccccc2)n1. The summed E-state index contributed by atoms with van der Waals surface area (Å²) in [6, 6.07) is 9.68. The van der Waals surface area contributed by atoms with Gasteiger partial charge in [0, 0.05) is 12.6 Å². The standard InChI is InChI=1S/C15H20N6O2/c1-3-10(2)18-15-19-13(16)12(21(22)23)14(20-15)17-9-11-7-5-4-6-8-11/h4-8,10H,3,9H2,1-2H3,(H4,16,17,18,19,20)/t10-/m1/s1. The lowest BCUT2D eigenvalue weighted by atomic mass is 10.2. The number of benzene rings is 1. The highest BCUT2D eigenvalue weighted by Crippen LogP contribution is 2.29. The van der Waals surface area contributed by atoms with Gasteiger partial charge in [0.15, 0.2) is 0 Å². The van der Waals surface area contributed by atoms with Crippen LogP contribution in [-0.2, 0) is 6.54 Å². The van der Waals surface area contributed by atoms with E-state index in [0.717, 1.165) is 12.0 Å². The molecule has 23 heavy (non-hydrogen) atoms. The third kappa shape index (κ3) is 4.29. The average molecular weight is 316 g/mol. The molecule has 0 amide bonds. The summed E-state index contributed by atoms with van der Waals surface area (Å²) >= 11 is 0. The second kappa shape index (κ2) is 7.39. The first-order chi connectivity index (χ1) is 11.0. The van der Waals surface area contributed by atoms with Gasteiger partial charge < -0.3 is 16.4 Å². The van der Waals surface area contributed by atoms with E-state index in [1.54, 1.807) is 0 Å². The fourth-order valence-corrected chi connectivity index (χ4v) is 1.94. The monoisotopic (exact) mass is 316 g/mol. The molecule has 0 aliphatic rings. The van der Waals surface area contributed by atoms with Crippen molar-refractivity contribution in [3.05, 3.63) is 46.0 Å². The summed E-state index contributed by atoms with van der Waals surface area (Å²) in [5, 5.41) is 17.3. The molecular weight excluding hydrogens is 296 g/mol. The first-order valence-corrected chi connectivity index (χ1v) is 7.37. The van der Waals surface area contributed by atoms with Crippen LogP contribution in [0.5, 0.6) is 0 Å². The van der Waals surface area contributed by atoms with Crippen LogP contribution in [0.15, 0.2) is 30.3 Å². The van der Waals surface area contributed by atoms with Crippen molar-refractivity contribution in [3.63, 3.8) is 0 Å². The van der Waals surface area contributed by atoms with Gasteiger partial charge in [0.25, 0.3) is 0 Å². The first kappa shape index (κ1) is 16.5. The highest BCUT2D eigenvalue weighted by atomic mass is 16.6. The van der Waals surface area contributed by atoms with E-state index in [1.165, 1.54) is 0 Å². The van der Waals surface area contributed by atoms with Crippen molar-refractivity contribution in [1.82, 2.24) is 9.97 Å². The molecule has 1 aromatic heterocycles. The number of hydrogen-bond acceptors (Lipinski definition) is 7. The van der Waals surface area contributed by atoms with Crippen LogP contribution < -0.4 is 16.4 Å². The second-order valence-electron chi connectivity index (χ2n) is 5.18. The molecule has 0 radical (unpaired) electrons. The fraction of sp³-hybridized carbons (Fsp3) is 0.333. The fourth-order valence-electron chi connectivity index (χ4n) is 1.94. The van der Waals surface area contributed by atoms with Gasteiger partial charge in [0.2, 0.25) is 17.6 Å². The Balaban J connectivity index is 2.28. The van der Waals surface area contributed by atoms with Gasteiger partial charge in [0.1, 0.15) is 0 Å². The lowest BCUT2D eigenvalue weighted by Crippen LogP contribution is -2.18. The largest absolute Gasteiger partial charge is 0.378 e. The van der Waals surface area contributed by atoms with E-state index in [9.17, 15) is 10.1 Å². The van der Waals surface area contributed by atoms with Crippen molar-refractivity contribution in [2.75, 3.05) is 16.4 Å². The van der Waals surface area contributed by atoms with Crippen molar-refractivity contribution in [1.29, 1.82) is 0 Å². The number of nitrogens with one attached hydrogen (secondary N) is 2. The molecule has 8 nitrogen and oxygen atoms in total. The lowest BCUT2D eigenvalue weighted by molar-refractivity contribution is -0.383. The smallest absolute Gasteiger partial charge is 0.353 e. The number of aromatic nitrogens is 2. The van der Waals surface area contributed by atoms with E-state index >= 15 is 0 Å². The Kier molecular flexibility index (Phi) is 5.29. The summed E-state index contributed by atoms with van der Waals surface area (Å²) in [7, 11) is 0. The topological polar surface area (TPSA) is 119 Å². The van der Waals surface area contributed by atoms with Crippen LogP contribution in [-0.4, -0.2) is 20.9 Å². The zero-order valence-corrected chi connectivity index (χ0v) is 13.1. The molecule has 1 heterocycles. The zero-order chi connectivity index (χ0) is 16.8. The molecule has 2 aromatic rings. The molecule has 8 heteroatoms. The van der Waals surface area contributed by atoms with Gasteiger partial charge in [-0.25, -0.2) is 0 Å². The minimum atomic E-state index is -0.574. The lowest BCUT2D eigenvalue weighted by Gasteiger charge is -2.13. The summed E-state index contributed by atoms with van der Waals surface area (Å²) < 4.78 is 0.